The topological polar surface area (TPSA) is 96.0 Å². The average molecular weight is 479 g/mol. The summed E-state index contributed by atoms with van der Waals surface area (Å²) in [4.78, 5) is 28.5. The van der Waals surface area contributed by atoms with Crippen molar-refractivity contribution in [1.82, 2.24) is 10.3 Å². The summed E-state index contributed by atoms with van der Waals surface area (Å²) in [5, 5.41) is 2.72. The van der Waals surface area contributed by atoms with Crippen LogP contribution in [-0.4, -0.2) is 29.8 Å². The number of methoxy groups -OCH3 is 1. The summed E-state index contributed by atoms with van der Waals surface area (Å²) in [5.41, 5.74) is 2.18. The fraction of sp³-hybridized carbons (Fsp3) is 0.296. The number of hydrogen-bond acceptors (Lipinski definition) is 7. The summed E-state index contributed by atoms with van der Waals surface area (Å²) in [6, 6.07) is 18.1. The molecule has 8 heteroatoms. The van der Waals surface area contributed by atoms with Gasteiger partial charge in [0.15, 0.2) is 11.5 Å². The van der Waals surface area contributed by atoms with Crippen LogP contribution in [0.2, 0.25) is 0 Å². The molecule has 1 N–H and O–H groups in total. The molecule has 35 heavy (non-hydrogen) atoms. The van der Waals surface area contributed by atoms with Crippen LogP contribution in [-0.2, 0) is 22.6 Å². The SMILES string of the molecule is COC(=O)c1ccc(OCc2ccccc2)c(Oc2cc(CNC(=O)OC(C)(C)C)cc(C)n2)c1. The maximum absolute atomic E-state index is 12.1. The van der Waals surface area contributed by atoms with Crippen LogP contribution in [0.25, 0.3) is 0 Å². The highest BCUT2D eigenvalue weighted by molar-refractivity contribution is 5.90. The van der Waals surface area contributed by atoms with Crippen LogP contribution in [0.3, 0.4) is 0 Å². The third-order valence-electron chi connectivity index (χ3n) is 4.64. The first-order valence-electron chi connectivity index (χ1n) is 11.1. The van der Waals surface area contributed by atoms with E-state index in [1.807, 2.05) is 43.3 Å². The molecule has 3 aromatic rings. The van der Waals surface area contributed by atoms with Gasteiger partial charge in [0, 0.05) is 18.3 Å². The number of aromatic nitrogens is 1. The third kappa shape index (κ3) is 8.03. The first-order valence-corrected chi connectivity index (χ1v) is 11.1. The number of rotatable bonds is 8. The fourth-order valence-electron chi connectivity index (χ4n) is 3.15. The highest BCUT2D eigenvalue weighted by Crippen LogP contribution is 2.33. The van der Waals surface area contributed by atoms with Crippen molar-refractivity contribution >= 4 is 12.1 Å². The Labute approximate surface area is 205 Å². The number of pyridine rings is 1. The predicted octanol–water partition coefficient (Wildman–Crippen LogP) is 5.57. The number of alkyl carbamates (subject to hydrolysis) is 1. The van der Waals surface area contributed by atoms with Gasteiger partial charge < -0.3 is 24.3 Å². The fourth-order valence-corrected chi connectivity index (χ4v) is 3.15. The van der Waals surface area contributed by atoms with E-state index in [1.54, 1.807) is 45.0 Å². The van der Waals surface area contributed by atoms with Crippen LogP contribution < -0.4 is 14.8 Å². The summed E-state index contributed by atoms with van der Waals surface area (Å²) in [6.45, 7) is 7.77. The normalized spacial score (nSPS) is 10.9. The minimum atomic E-state index is -0.590. The lowest BCUT2D eigenvalue weighted by atomic mass is 10.2. The Morgan fingerprint density at radius 2 is 1.69 bits per heavy atom. The van der Waals surface area contributed by atoms with Gasteiger partial charge in [-0.3, -0.25) is 0 Å². The Hall–Kier alpha value is -4.07. The number of esters is 1. The van der Waals surface area contributed by atoms with Crippen molar-refractivity contribution in [2.24, 2.45) is 0 Å². The minimum absolute atomic E-state index is 0.230. The van der Waals surface area contributed by atoms with E-state index in [-0.39, 0.29) is 12.4 Å². The molecule has 8 nitrogen and oxygen atoms in total. The van der Waals surface area contributed by atoms with Crippen LogP contribution >= 0.6 is 0 Å². The van der Waals surface area contributed by atoms with Gasteiger partial charge in [-0.05, 0) is 63.1 Å². The van der Waals surface area contributed by atoms with Gasteiger partial charge in [-0.25, -0.2) is 14.6 Å². The highest BCUT2D eigenvalue weighted by Gasteiger charge is 2.17. The lowest BCUT2D eigenvalue weighted by molar-refractivity contribution is 0.0522. The van der Waals surface area contributed by atoms with Crippen molar-refractivity contribution < 1.29 is 28.5 Å². The van der Waals surface area contributed by atoms with E-state index >= 15 is 0 Å². The van der Waals surface area contributed by atoms with Crippen molar-refractivity contribution in [3.05, 3.63) is 83.0 Å². The third-order valence-corrected chi connectivity index (χ3v) is 4.64. The number of nitrogens with one attached hydrogen (secondary N) is 1. The lowest BCUT2D eigenvalue weighted by Crippen LogP contribution is -2.32. The summed E-state index contributed by atoms with van der Waals surface area (Å²) in [7, 11) is 1.31. The average Bonchev–Trinajstić information content (AvgIpc) is 2.80. The number of carbonyl (C=O) groups excluding carboxylic acids is 2. The molecule has 0 aliphatic rings. The second kappa shape index (κ2) is 11.4. The minimum Gasteiger partial charge on any atom is -0.485 e. The van der Waals surface area contributed by atoms with Crippen molar-refractivity contribution in [2.45, 2.75) is 46.4 Å². The number of carbonyl (C=O) groups is 2. The van der Waals surface area contributed by atoms with Crippen molar-refractivity contribution in [2.75, 3.05) is 7.11 Å². The molecule has 0 saturated heterocycles. The predicted molar refractivity (Wildman–Crippen MR) is 131 cm³/mol. The van der Waals surface area contributed by atoms with Crippen LogP contribution in [0.15, 0.2) is 60.7 Å². The van der Waals surface area contributed by atoms with Gasteiger partial charge in [0.1, 0.15) is 12.2 Å². The molecule has 1 amide bonds. The van der Waals surface area contributed by atoms with Crippen molar-refractivity contribution in [3.63, 3.8) is 0 Å². The molecule has 3 rings (SSSR count). The summed E-state index contributed by atoms with van der Waals surface area (Å²) in [6.07, 6.45) is -0.517. The van der Waals surface area contributed by atoms with E-state index in [9.17, 15) is 9.59 Å². The molecule has 0 aliphatic heterocycles. The van der Waals surface area contributed by atoms with Crippen LogP contribution in [0.1, 0.15) is 48.0 Å². The molecule has 0 unspecified atom stereocenters. The summed E-state index contributed by atoms with van der Waals surface area (Å²) < 4.78 is 22.1. The highest BCUT2D eigenvalue weighted by atomic mass is 16.6. The molecule has 0 fully saturated rings. The Balaban J connectivity index is 1.81. The van der Waals surface area contributed by atoms with Gasteiger partial charge in [0.2, 0.25) is 5.88 Å². The Bertz CT molecular complexity index is 1170. The quantitative estimate of drug-likeness (QED) is 0.423. The van der Waals surface area contributed by atoms with Gasteiger partial charge in [-0.1, -0.05) is 30.3 Å². The zero-order valence-electron chi connectivity index (χ0n) is 20.6. The van der Waals surface area contributed by atoms with Crippen molar-refractivity contribution in [3.8, 4) is 17.4 Å². The van der Waals surface area contributed by atoms with E-state index in [0.717, 1.165) is 11.1 Å². The standard InChI is InChI=1S/C27H30N2O6/c1-18-13-20(16-28-26(31)35-27(2,3)4)14-24(29-18)34-23-15-21(25(30)32-5)11-12-22(23)33-17-19-9-7-6-8-10-19/h6-15H,16-17H2,1-5H3,(H,28,31). The van der Waals surface area contributed by atoms with E-state index < -0.39 is 17.7 Å². The number of aryl methyl sites for hydroxylation is 1. The zero-order valence-corrected chi connectivity index (χ0v) is 20.6. The molecular formula is C27H30N2O6. The van der Waals surface area contributed by atoms with Crippen LogP contribution in [0.5, 0.6) is 17.4 Å². The first-order chi connectivity index (χ1) is 16.6. The molecule has 0 bridgehead atoms. The largest absolute Gasteiger partial charge is 0.485 e. The van der Waals surface area contributed by atoms with Crippen LogP contribution in [0.4, 0.5) is 4.79 Å². The molecule has 184 valence electrons. The molecular weight excluding hydrogens is 448 g/mol. The van der Waals surface area contributed by atoms with E-state index in [0.29, 0.717) is 29.4 Å². The number of ether oxygens (including phenoxy) is 4. The summed E-state index contributed by atoms with van der Waals surface area (Å²) in [5.74, 6) is 0.549. The Kier molecular flexibility index (Phi) is 8.30. The van der Waals surface area contributed by atoms with Gasteiger partial charge in [0.05, 0.1) is 12.7 Å². The van der Waals surface area contributed by atoms with Gasteiger partial charge in [-0.15, -0.1) is 0 Å². The van der Waals surface area contributed by atoms with E-state index in [2.05, 4.69) is 10.3 Å². The molecule has 2 aromatic carbocycles. The Morgan fingerprint density at radius 1 is 0.943 bits per heavy atom. The molecule has 0 radical (unpaired) electrons. The number of amides is 1. The lowest BCUT2D eigenvalue weighted by Gasteiger charge is -2.19. The monoisotopic (exact) mass is 478 g/mol. The summed E-state index contributed by atoms with van der Waals surface area (Å²) >= 11 is 0. The van der Waals surface area contributed by atoms with E-state index in [1.165, 1.54) is 7.11 Å². The first kappa shape index (κ1) is 25.6. The number of hydrogen-bond donors (Lipinski definition) is 1. The molecule has 1 heterocycles. The molecule has 0 aliphatic carbocycles. The van der Waals surface area contributed by atoms with Gasteiger partial charge in [-0.2, -0.15) is 0 Å². The van der Waals surface area contributed by atoms with Gasteiger partial charge >= 0.3 is 12.1 Å². The number of nitrogens with zero attached hydrogens (tertiary/aromatic N) is 1. The van der Waals surface area contributed by atoms with Crippen LogP contribution in [0, 0.1) is 6.92 Å². The van der Waals surface area contributed by atoms with Crippen molar-refractivity contribution in [1.29, 1.82) is 0 Å². The smallest absolute Gasteiger partial charge is 0.407 e. The second-order valence-electron chi connectivity index (χ2n) is 8.84. The van der Waals surface area contributed by atoms with Gasteiger partial charge in [0.25, 0.3) is 0 Å². The maximum Gasteiger partial charge on any atom is 0.407 e. The zero-order chi connectivity index (χ0) is 25.4. The molecule has 0 atom stereocenters. The molecule has 0 saturated carbocycles. The van der Waals surface area contributed by atoms with E-state index in [4.69, 9.17) is 18.9 Å². The molecule has 0 spiro atoms. The molecule has 1 aromatic heterocycles. The number of benzene rings is 2. The Morgan fingerprint density at radius 3 is 2.37 bits per heavy atom. The second-order valence-corrected chi connectivity index (χ2v) is 8.84. The maximum atomic E-state index is 12.1.